The number of carbonyl (C=O) groups excluding carboxylic acids is 2. The van der Waals surface area contributed by atoms with Gasteiger partial charge in [0.15, 0.2) is 17.2 Å². The predicted molar refractivity (Wildman–Crippen MR) is 204 cm³/mol. The number of aliphatic carboxylic acids is 1. The van der Waals surface area contributed by atoms with Crippen molar-refractivity contribution in [3.8, 4) is 5.75 Å². The lowest BCUT2D eigenvalue weighted by Crippen LogP contribution is -2.36. The van der Waals surface area contributed by atoms with Crippen LogP contribution in [0.4, 0.5) is 11.4 Å². The van der Waals surface area contributed by atoms with E-state index in [-0.39, 0.29) is 23.3 Å². The third-order valence-electron chi connectivity index (χ3n) is 10.4. The van der Waals surface area contributed by atoms with Crippen molar-refractivity contribution in [3.63, 3.8) is 0 Å². The van der Waals surface area contributed by atoms with Crippen molar-refractivity contribution < 1.29 is 46.2 Å². The molecular weight excluding hydrogens is 713 g/mol. The van der Waals surface area contributed by atoms with Crippen molar-refractivity contribution >= 4 is 55.9 Å². The zero-order valence-electron chi connectivity index (χ0n) is 31.5. The summed E-state index contributed by atoms with van der Waals surface area (Å²) < 4.78 is 49.0. The van der Waals surface area contributed by atoms with E-state index < -0.39 is 49.7 Å². The van der Waals surface area contributed by atoms with Crippen LogP contribution in [0, 0.1) is 5.92 Å². The van der Waals surface area contributed by atoms with Crippen molar-refractivity contribution in [3.05, 3.63) is 70.1 Å². The third kappa shape index (κ3) is 8.84. The predicted octanol–water partition coefficient (Wildman–Crippen LogP) is 7.27. The molecule has 1 N–H and O–H groups in total. The highest BCUT2D eigenvalue weighted by molar-refractivity contribution is 7.85. The first-order chi connectivity index (χ1) is 25.7. The van der Waals surface area contributed by atoms with Gasteiger partial charge >= 0.3 is 17.6 Å². The summed E-state index contributed by atoms with van der Waals surface area (Å²) in [5.74, 6) is -4.17. The smallest absolute Gasteiger partial charge is 0.351 e. The Kier molecular flexibility index (Phi) is 12.9. The molecule has 1 unspecified atom stereocenters. The lowest BCUT2D eigenvalue weighted by molar-refractivity contribution is -0.438. The van der Waals surface area contributed by atoms with Crippen LogP contribution in [0.5, 0.6) is 5.75 Å². The molecule has 0 saturated heterocycles. The first-order valence-corrected chi connectivity index (χ1v) is 20.4. The van der Waals surface area contributed by atoms with E-state index in [4.69, 9.17) is 14.3 Å². The summed E-state index contributed by atoms with van der Waals surface area (Å²) in [6.07, 6.45) is 12.6. The topological polar surface area (TPSA) is 174 Å². The first kappa shape index (κ1) is 40.6. The van der Waals surface area contributed by atoms with Gasteiger partial charge in [-0.25, -0.2) is 13.2 Å². The van der Waals surface area contributed by atoms with Crippen molar-refractivity contribution in [2.75, 3.05) is 24.5 Å². The van der Waals surface area contributed by atoms with E-state index in [0.717, 1.165) is 70.1 Å². The number of ether oxygens (including phenoxy) is 1. The van der Waals surface area contributed by atoms with Crippen LogP contribution in [0.2, 0.25) is 0 Å². The van der Waals surface area contributed by atoms with E-state index in [0.29, 0.717) is 41.7 Å². The number of fused-ring (bicyclic) bond motifs is 4. The van der Waals surface area contributed by atoms with E-state index in [1.165, 1.54) is 24.3 Å². The standard InChI is InChI=1S/C41H50N2O10S/c1-5-7-9-12-22-42(23-13-10-8-6-2)27-16-18-29-33(25-27)52-40(48)36-37(46)30(39(47)53-38(29)36)19-21-34-41(3,4)31-26-28(54(49,50)51)17-20-32(31)43(34)24-14-11-15-35(44)45/h16-21,25-26,30H,5-15,22-24H2,1-4H3,(H-,44,45,49,50,51)/b21-19+. The van der Waals surface area contributed by atoms with Crippen LogP contribution in [0.3, 0.4) is 0 Å². The van der Waals surface area contributed by atoms with Gasteiger partial charge < -0.3 is 23.7 Å². The number of nitrogens with zero attached hydrogens (tertiary/aromatic N) is 2. The SMILES string of the molecule is CCCCCCN(CCCCCC)c1ccc2c3c(c(=O)oc2c1)C(=O)C(/C=C/C1=[N+](CCCCC(=O)O)c2ccc(S(=O)(=O)[O-])cc2C1(C)C)C(=O)O3. The average molecular weight is 763 g/mol. The molecule has 12 nitrogen and oxygen atoms in total. The molecule has 0 spiro atoms. The molecule has 0 aliphatic carbocycles. The van der Waals surface area contributed by atoms with Crippen LogP contribution >= 0.6 is 0 Å². The molecular formula is C41H50N2O10S. The Morgan fingerprint density at radius 2 is 1.63 bits per heavy atom. The van der Waals surface area contributed by atoms with E-state index in [9.17, 15) is 32.1 Å². The van der Waals surface area contributed by atoms with Crippen molar-refractivity contribution in [2.24, 2.45) is 5.92 Å². The number of ketones is 1. The van der Waals surface area contributed by atoms with E-state index in [1.54, 1.807) is 18.2 Å². The Bertz CT molecular complexity index is 2140. The Hall–Kier alpha value is -4.62. The van der Waals surface area contributed by atoms with Crippen molar-refractivity contribution in [1.82, 2.24) is 0 Å². The number of hydrogen-bond donors (Lipinski definition) is 1. The minimum atomic E-state index is -4.76. The van der Waals surface area contributed by atoms with Crippen LogP contribution in [0.1, 0.15) is 114 Å². The number of carboxylic acid groups (broad SMARTS) is 1. The second-order valence-electron chi connectivity index (χ2n) is 14.7. The Morgan fingerprint density at radius 3 is 2.26 bits per heavy atom. The summed E-state index contributed by atoms with van der Waals surface area (Å²) >= 11 is 0. The van der Waals surface area contributed by atoms with Gasteiger partial charge in [-0.05, 0) is 57.4 Å². The van der Waals surface area contributed by atoms with Crippen LogP contribution in [0.25, 0.3) is 11.0 Å². The van der Waals surface area contributed by atoms with E-state index in [2.05, 4.69) is 18.7 Å². The van der Waals surface area contributed by atoms with Gasteiger partial charge in [0.1, 0.15) is 33.7 Å². The molecule has 0 saturated carbocycles. The minimum Gasteiger partial charge on any atom is -0.744 e. The van der Waals surface area contributed by atoms with Crippen LogP contribution in [-0.4, -0.2) is 65.7 Å². The summed E-state index contributed by atoms with van der Waals surface area (Å²) in [7, 11) is -4.76. The second kappa shape index (κ2) is 17.2. The summed E-state index contributed by atoms with van der Waals surface area (Å²) in [5.41, 5.74) is 0.669. The number of esters is 1. The minimum absolute atomic E-state index is 0.0423. The zero-order valence-corrected chi connectivity index (χ0v) is 32.3. The Balaban J connectivity index is 1.46. The van der Waals surface area contributed by atoms with Gasteiger partial charge in [0.2, 0.25) is 5.69 Å². The first-order valence-electron chi connectivity index (χ1n) is 19.0. The molecule has 0 fully saturated rings. The molecule has 3 heterocycles. The molecule has 0 amide bonds. The van der Waals surface area contributed by atoms with Crippen molar-refractivity contribution in [2.45, 2.75) is 109 Å². The van der Waals surface area contributed by atoms with Gasteiger partial charge in [-0.15, -0.1) is 0 Å². The fourth-order valence-corrected chi connectivity index (χ4v) is 7.88. The van der Waals surface area contributed by atoms with Crippen molar-refractivity contribution in [1.29, 1.82) is 0 Å². The van der Waals surface area contributed by atoms with Gasteiger partial charge in [0.25, 0.3) is 0 Å². The van der Waals surface area contributed by atoms with E-state index in [1.807, 2.05) is 24.5 Å². The molecule has 290 valence electrons. The molecule has 2 aliphatic heterocycles. The monoisotopic (exact) mass is 762 g/mol. The zero-order chi connectivity index (χ0) is 39.2. The molecule has 3 aromatic rings. The molecule has 1 atom stereocenters. The second-order valence-corrected chi connectivity index (χ2v) is 16.0. The summed E-state index contributed by atoms with van der Waals surface area (Å²) in [6, 6.07) is 9.46. The molecule has 13 heteroatoms. The number of benzene rings is 2. The number of carboxylic acids is 1. The van der Waals surface area contributed by atoms with E-state index >= 15 is 0 Å². The van der Waals surface area contributed by atoms with Gasteiger partial charge in [-0.3, -0.25) is 14.4 Å². The number of rotatable bonds is 19. The maximum Gasteiger partial charge on any atom is 0.351 e. The quantitative estimate of drug-likeness (QED) is 0.0325. The maximum atomic E-state index is 13.9. The highest BCUT2D eigenvalue weighted by Crippen LogP contribution is 2.42. The molecule has 2 aromatic carbocycles. The number of carbonyl (C=O) groups is 3. The number of hydrogen-bond acceptors (Lipinski definition) is 10. The number of anilines is 1. The van der Waals surface area contributed by atoms with Gasteiger partial charge in [-0.1, -0.05) is 58.4 Å². The molecule has 0 radical (unpaired) electrons. The lowest BCUT2D eigenvalue weighted by Gasteiger charge is -2.26. The van der Waals surface area contributed by atoms with Gasteiger partial charge in [0, 0.05) is 55.4 Å². The fraction of sp³-hybridized carbons (Fsp3) is 0.488. The summed E-state index contributed by atoms with van der Waals surface area (Å²) in [4.78, 5) is 53.9. The average Bonchev–Trinajstić information content (AvgIpc) is 3.32. The largest absolute Gasteiger partial charge is 0.744 e. The van der Waals surface area contributed by atoms with Crippen LogP contribution in [-0.2, 0) is 25.1 Å². The lowest BCUT2D eigenvalue weighted by atomic mass is 9.81. The molecule has 1 aromatic heterocycles. The number of allylic oxidation sites excluding steroid dienone is 1. The number of unbranched alkanes of at least 4 members (excludes halogenated alkanes) is 7. The highest BCUT2D eigenvalue weighted by atomic mass is 32.2. The summed E-state index contributed by atoms with van der Waals surface area (Å²) in [5, 5.41) is 9.47. The molecule has 54 heavy (non-hydrogen) atoms. The maximum absolute atomic E-state index is 13.9. The number of Topliss-reactive ketones (excluding diaryl/α,β-unsaturated/α-hetero) is 1. The van der Waals surface area contributed by atoms with Crippen LogP contribution < -0.4 is 15.3 Å². The molecule has 2 aliphatic rings. The van der Waals surface area contributed by atoms with Gasteiger partial charge in [0.05, 0.1) is 15.7 Å². The summed E-state index contributed by atoms with van der Waals surface area (Å²) in [6.45, 7) is 10.0. The van der Waals surface area contributed by atoms with Crippen LogP contribution in [0.15, 0.2) is 62.7 Å². The molecule has 0 bridgehead atoms. The molecule has 5 rings (SSSR count). The third-order valence-corrected chi connectivity index (χ3v) is 11.2. The Morgan fingerprint density at radius 1 is 0.944 bits per heavy atom. The Labute approximate surface area is 316 Å². The highest BCUT2D eigenvalue weighted by Gasteiger charge is 2.46. The fourth-order valence-electron chi connectivity index (χ4n) is 7.38. The van der Waals surface area contributed by atoms with Gasteiger partial charge in [-0.2, -0.15) is 4.58 Å². The normalized spacial score (nSPS) is 16.6.